The van der Waals surface area contributed by atoms with Crippen molar-refractivity contribution in [2.24, 2.45) is 0 Å². The average Bonchev–Trinajstić information content (AvgIpc) is 2.52. The van der Waals surface area contributed by atoms with Crippen LogP contribution in [0.15, 0.2) is 60.7 Å². The molecule has 2 aromatic rings. The van der Waals surface area contributed by atoms with E-state index in [1.807, 2.05) is 0 Å². The Kier molecular flexibility index (Phi) is 10.9. The Bertz CT molecular complexity index is 655. The average molecular weight is 566 g/mol. The second-order valence-electron chi connectivity index (χ2n) is 4.88. The predicted octanol–water partition coefficient (Wildman–Crippen LogP) is 2.64. The molecule has 0 aliphatic carbocycles. The fourth-order valence-corrected chi connectivity index (χ4v) is 4.83. The fraction of sp³-hybridized carbons (Fsp3) is 0.200. The molecule has 0 heterocycles. The Morgan fingerprint density at radius 3 is 1.36 bits per heavy atom. The molecule has 0 saturated carbocycles. The molecular weight excluding hydrogens is 547 g/mol. The van der Waals surface area contributed by atoms with Gasteiger partial charge in [-0.2, -0.15) is 0 Å². The summed E-state index contributed by atoms with van der Waals surface area (Å²) in [7, 11) is -9.10. The van der Waals surface area contributed by atoms with Crippen LogP contribution in [0.1, 0.15) is 11.1 Å². The maximum Gasteiger partial charge on any atom is 2.00 e. The van der Waals surface area contributed by atoms with Gasteiger partial charge in [0.1, 0.15) is 15.2 Å². The van der Waals surface area contributed by atoms with Crippen LogP contribution in [0.2, 0.25) is 0 Å². The van der Waals surface area contributed by atoms with Crippen molar-refractivity contribution < 1.29 is 49.0 Å². The molecule has 140 valence electrons. The molecule has 2 aromatic carbocycles. The van der Waals surface area contributed by atoms with E-state index in [1.165, 1.54) is 0 Å². The molecule has 2 rings (SSSR count). The topological polar surface area (TPSA) is 134 Å². The predicted molar refractivity (Wildman–Crippen MR) is 87.6 cm³/mol. The Balaban J connectivity index is 0.00000288. The molecule has 0 bridgehead atoms. The van der Waals surface area contributed by atoms with Gasteiger partial charge in [-0.1, -0.05) is 60.7 Å². The van der Waals surface area contributed by atoms with Gasteiger partial charge in [0.25, 0.3) is 0 Å². The number of rotatable bonds is 8. The molecule has 0 spiro atoms. The maximum atomic E-state index is 11.8. The van der Waals surface area contributed by atoms with Crippen LogP contribution in [0.5, 0.6) is 0 Å². The van der Waals surface area contributed by atoms with Crippen LogP contribution in [0.4, 0.5) is 0 Å². The van der Waals surface area contributed by atoms with Gasteiger partial charge in [0, 0.05) is 0 Å². The van der Waals surface area contributed by atoms with Crippen molar-refractivity contribution in [3.05, 3.63) is 71.8 Å². The Morgan fingerprint density at radius 2 is 1.04 bits per heavy atom. The minimum absolute atomic E-state index is 0. The van der Waals surface area contributed by atoms with E-state index in [0.29, 0.717) is 11.1 Å². The van der Waals surface area contributed by atoms with E-state index in [1.54, 1.807) is 60.7 Å². The summed E-state index contributed by atoms with van der Waals surface area (Å²) in [6, 6.07) is 17.2. The van der Waals surface area contributed by atoms with Crippen LogP contribution in [0, 0.1) is 0 Å². The van der Waals surface area contributed by atoms with Gasteiger partial charge in [-0.3, -0.25) is 0 Å². The Morgan fingerprint density at radius 1 is 0.720 bits per heavy atom. The van der Waals surface area contributed by atoms with Crippen LogP contribution in [-0.2, 0) is 52.5 Å². The van der Waals surface area contributed by atoms with Gasteiger partial charge in [-0.05, 0) is 11.1 Å². The first kappa shape index (κ1) is 24.4. The van der Waals surface area contributed by atoms with Gasteiger partial charge in [-0.15, -0.1) is 0 Å². The molecule has 10 heteroatoms. The third-order valence-corrected chi connectivity index (χ3v) is 6.70. The number of hydrogen-bond acceptors (Lipinski definition) is 7. The van der Waals surface area contributed by atoms with E-state index >= 15 is 0 Å². The standard InChI is InChI=1S/C15H18O6P2.H3N.Pt/c16-22(17,20-11-14-7-3-1-4-8-14)13-23(18,19)21-12-15-9-5-2-6-10-15;;/h1-10H,11-13H2,(H,16,17)(H,18,19);1H3;/q;;+2/p-2. The van der Waals surface area contributed by atoms with Crippen molar-refractivity contribution in [2.75, 3.05) is 5.90 Å². The summed E-state index contributed by atoms with van der Waals surface area (Å²) in [5.74, 6) is -1.17. The molecule has 0 aliphatic rings. The van der Waals surface area contributed by atoms with Crippen molar-refractivity contribution >= 4 is 15.2 Å². The van der Waals surface area contributed by atoms with E-state index in [0.717, 1.165) is 0 Å². The fourth-order valence-electron chi connectivity index (χ4n) is 1.79. The number of benzene rings is 2. The van der Waals surface area contributed by atoms with E-state index < -0.39 is 21.1 Å². The van der Waals surface area contributed by atoms with Crippen LogP contribution in [-0.4, -0.2) is 5.90 Å². The minimum Gasteiger partial charge on any atom is -0.778 e. The smallest absolute Gasteiger partial charge is 0.778 e. The molecule has 0 radical (unpaired) electrons. The first-order valence-corrected chi connectivity index (χ1v) is 10.3. The zero-order chi connectivity index (χ0) is 16.8. The van der Waals surface area contributed by atoms with Gasteiger partial charge in [0.05, 0.1) is 19.1 Å². The van der Waals surface area contributed by atoms with E-state index in [4.69, 9.17) is 9.05 Å². The van der Waals surface area contributed by atoms with Crippen molar-refractivity contribution in [1.82, 2.24) is 6.15 Å². The molecule has 0 aromatic heterocycles. The van der Waals surface area contributed by atoms with Crippen molar-refractivity contribution in [1.29, 1.82) is 0 Å². The largest absolute Gasteiger partial charge is 2.00 e. The summed E-state index contributed by atoms with van der Waals surface area (Å²) < 4.78 is 33.1. The molecule has 0 saturated heterocycles. The maximum absolute atomic E-state index is 11.8. The minimum atomic E-state index is -4.55. The summed E-state index contributed by atoms with van der Waals surface area (Å²) in [6.07, 6.45) is 0. The molecule has 7 nitrogen and oxygen atoms in total. The van der Waals surface area contributed by atoms with E-state index in [9.17, 15) is 18.9 Å². The molecule has 0 aliphatic heterocycles. The second kappa shape index (κ2) is 11.2. The summed E-state index contributed by atoms with van der Waals surface area (Å²) in [4.78, 5) is 23.6. The molecule has 0 fully saturated rings. The second-order valence-corrected chi connectivity index (χ2v) is 8.97. The molecule has 0 amide bonds. The summed E-state index contributed by atoms with van der Waals surface area (Å²) in [5, 5.41) is 0. The monoisotopic (exact) mass is 566 g/mol. The first-order valence-electron chi connectivity index (χ1n) is 6.83. The van der Waals surface area contributed by atoms with E-state index in [2.05, 4.69) is 0 Å². The van der Waals surface area contributed by atoms with Gasteiger partial charge < -0.3 is 34.1 Å². The first-order chi connectivity index (χ1) is 10.9. The van der Waals surface area contributed by atoms with Gasteiger partial charge >= 0.3 is 21.1 Å². The SMILES string of the molecule is N.O=P([O-])(CP(=O)([O-])OCc1ccccc1)OCc1ccccc1.[Pt+2]. The molecular formula is C15H19NO6P2Pt. The molecule has 2 atom stereocenters. The van der Waals surface area contributed by atoms with Gasteiger partial charge in [-0.25, -0.2) is 0 Å². The van der Waals surface area contributed by atoms with E-state index in [-0.39, 0.29) is 40.4 Å². The molecule has 3 N–H and O–H groups in total. The van der Waals surface area contributed by atoms with Crippen molar-refractivity contribution in [2.45, 2.75) is 13.2 Å². The van der Waals surface area contributed by atoms with Gasteiger partial charge in [0.15, 0.2) is 0 Å². The molecule has 25 heavy (non-hydrogen) atoms. The van der Waals surface area contributed by atoms with Crippen molar-refractivity contribution in [3.8, 4) is 0 Å². The summed E-state index contributed by atoms with van der Waals surface area (Å²) in [5.41, 5.74) is 1.27. The molecule has 2 unspecified atom stereocenters. The van der Waals surface area contributed by atoms with Crippen LogP contribution >= 0.6 is 15.2 Å². The Hall–Kier alpha value is -0.612. The van der Waals surface area contributed by atoms with Crippen LogP contribution < -0.4 is 15.9 Å². The van der Waals surface area contributed by atoms with Gasteiger partial charge in [0.2, 0.25) is 0 Å². The quantitative estimate of drug-likeness (QED) is 0.486. The normalized spacial score (nSPS) is 15.1. The zero-order valence-corrected chi connectivity index (χ0v) is 17.3. The summed E-state index contributed by atoms with van der Waals surface area (Å²) in [6.45, 7) is -0.416. The third-order valence-electron chi connectivity index (χ3n) is 2.89. The van der Waals surface area contributed by atoms with Crippen LogP contribution in [0.3, 0.4) is 0 Å². The number of hydrogen-bond donors (Lipinski definition) is 1. The summed E-state index contributed by atoms with van der Waals surface area (Å²) >= 11 is 0. The zero-order valence-electron chi connectivity index (χ0n) is 13.3. The third kappa shape index (κ3) is 9.60. The Labute approximate surface area is 161 Å². The van der Waals surface area contributed by atoms with Crippen LogP contribution in [0.25, 0.3) is 0 Å². The van der Waals surface area contributed by atoms with Crippen molar-refractivity contribution in [3.63, 3.8) is 0 Å².